The highest BCUT2D eigenvalue weighted by Crippen LogP contribution is 2.42. The Bertz CT molecular complexity index is 1210. The van der Waals surface area contributed by atoms with E-state index in [1.807, 2.05) is 17.1 Å². The van der Waals surface area contributed by atoms with Gasteiger partial charge in [-0.15, -0.1) is 0 Å². The summed E-state index contributed by atoms with van der Waals surface area (Å²) in [5.74, 6) is 1.29. The molecular formula is C28H38N8O2S. The van der Waals surface area contributed by atoms with Crippen molar-refractivity contribution < 1.29 is 9.47 Å². The van der Waals surface area contributed by atoms with Crippen LogP contribution in [0.25, 0.3) is 5.57 Å². The number of nitrogens with one attached hydrogen (secondary N) is 2. The highest BCUT2D eigenvalue weighted by Gasteiger charge is 2.30. The minimum Gasteiger partial charge on any atom is -0.381 e. The fourth-order valence-electron chi connectivity index (χ4n) is 6.07. The molecular weight excluding hydrogens is 512 g/mol. The molecule has 1 atom stereocenters. The Morgan fingerprint density at radius 2 is 1.79 bits per heavy atom. The third-order valence-corrected chi connectivity index (χ3v) is 9.60. The topological polar surface area (TPSA) is 113 Å². The Morgan fingerprint density at radius 3 is 2.54 bits per heavy atom. The van der Waals surface area contributed by atoms with Gasteiger partial charge in [-0.2, -0.15) is 15.3 Å². The molecule has 1 aliphatic carbocycles. The first-order valence-corrected chi connectivity index (χ1v) is 15.3. The lowest BCUT2D eigenvalue weighted by atomic mass is 9.89. The molecule has 2 saturated heterocycles. The average molecular weight is 551 g/mol. The van der Waals surface area contributed by atoms with Crippen molar-refractivity contribution in [3.63, 3.8) is 0 Å². The van der Waals surface area contributed by atoms with Gasteiger partial charge in [-0.3, -0.25) is 9.58 Å². The molecule has 39 heavy (non-hydrogen) atoms. The molecule has 0 aromatic carbocycles. The van der Waals surface area contributed by atoms with Gasteiger partial charge in [0.25, 0.3) is 0 Å². The Morgan fingerprint density at radius 1 is 1.03 bits per heavy atom. The van der Waals surface area contributed by atoms with Crippen LogP contribution in [0, 0.1) is 11.3 Å². The van der Waals surface area contributed by atoms with Crippen LogP contribution in [0.5, 0.6) is 0 Å². The van der Waals surface area contributed by atoms with Gasteiger partial charge in [0, 0.05) is 49.8 Å². The smallest absolute Gasteiger partial charge is 0.230 e. The minimum absolute atomic E-state index is 0.225. The molecule has 2 aromatic heterocycles. The van der Waals surface area contributed by atoms with Crippen molar-refractivity contribution in [3.8, 4) is 6.07 Å². The van der Waals surface area contributed by atoms with Crippen LogP contribution < -0.4 is 10.6 Å². The Hall–Kier alpha value is -2.65. The molecule has 1 unspecified atom stereocenters. The van der Waals surface area contributed by atoms with Crippen molar-refractivity contribution in [2.75, 3.05) is 50.2 Å². The molecule has 2 N–H and O–H groups in total. The number of morpholine rings is 1. The molecule has 0 amide bonds. The maximum absolute atomic E-state index is 10.0. The second kappa shape index (κ2) is 12.3. The van der Waals surface area contributed by atoms with Crippen molar-refractivity contribution in [3.05, 3.63) is 24.0 Å². The summed E-state index contributed by atoms with van der Waals surface area (Å²) in [6.45, 7) is 7.45. The number of ether oxygens (including phenoxy) is 2. The summed E-state index contributed by atoms with van der Waals surface area (Å²) in [4.78, 5) is 12.4. The lowest BCUT2D eigenvalue weighted by Crippen LogP contribution is -2.46. The first kappa shape index (κ1) is 26.6. The predicted octanol–water partition coefficient (Wildman–Crippen LogP) is 4.61. The minimum atomic E-state index is 0.225. The van der Waals surface area contributed by atoms with Crippen LogP contribution in [0.4, 0.5) is 17.5 Å². The van der Waals surface area contributed by atoms with E-state index in [0.29, 0.717) is 29.6 Å². The molecule has 3 aliphatic heterocycles. The molecule has 10 nitrogen and oxygen atoms in total. The summed E-state index contributed by atoms with van der Waals surface area (Å²) in [7, 11) is 0. The van der Waals surface area contributed by atoms with E-state index in [1.54, 1.807) is 11.8 Å². The number of rotatable bonds is 7. The van der Waals surface area contributed by atoms with Crippen LogP contribution in [0.1, 0.15) is 63.5 Å². The summed E-state index contributed by atoms with van der Waals surface area (Å²) >= 11 is 1.71. The molecule has 5 heterocycles. The zero-order valence-corrected chi connectivity index (χ0v) is 23.5. The van der Waals surface area contributed by atoms with Crippen LogP contribution >= 0.6 is 11.8 Å². The van der Waals surface area contributed by atoms with Crippen LogP contribution in [0.2, 0.25) is 0 Å². The van der Waals surface area contributed by atoms with Gasteiger partial charge in [0.05, 0.1) is 48.3 Å². The van der Waals surface area contributed by atoms with Crippen molar-refractivity contribution >= 4 is 34.8 Å². The zero-order chi connectivity index (χ0) is 26.6. The second-order valence-electron chi connectivity index (χ2n) is 10.8. The van der Waals surface area contributed by atoms with Gasteiger partial charge in [-0.25, -0.2) is 4.98 Å². The number of nitrogens with zero attached hydrogens (tertiary/aromatic N) is 6. The van der Waals surface area contributed by atoms with E-state index in [-0.39, 0.29) is 5.25 Å². The highest BCUT2D eigenvalue weighted by molar-refractivity contribution is 8.00. The first-order valence-electron chi connectivity index (χ1n) is 14.4. The van der Waals surface area contributed by atoms with E-state index in [9.17, 15) is 5.26 Å². The Balaban J connectivity index is 1.22. The number of hydrogen-bond acceptors (Lipinski definition) is 10. The highest BCUT2D eigenvalue weighted by atomic mass is 32.2. The van der Waals surface area contributed by atoms with E-state index in [0.717, 1.165) is 107 Å². The predicted molar refractivity (Wildman–Crippen MR) is 152 cm³/mol. The van der Waals surface area contributed by atoms with Gasteiger partial charge in [0.1, 0.15) is 10.8 Å². The van der Waals surface area contributed by atoms with Crippen LogP contribution in [0.3, 0.4) is 0 Å². The molecule has 1 saturated carbocycles. The summed E-state index contributed by atoms with van der Waals surface area (Å²) in [6, 6.07) is 3.73. The molecule has 11 heteroatoms. The molecule has 6 rings (SSSR count). The summed E-state index contributed by atoms with van der Waals surface area (Å²) < 4.78 is 13.1. The normalized spacial score (nSPS) is 26.4. The maximum Gasteiger partial charge on any atom is 0.230 e. The quantitative estimate of drug-likeness (QED) is 0.474. The summed E-state index contributed by atoms with van der Waals surface area (Å²) in [5.41, 5.74) is 2.37. The number of nitriles is 1. The van der Waals surface area contributed by atoms with Gasteiger partial charge in [0.2, 0.25) is 5.95 Å². The van der Waals surface area contributed by atoms with Gasteiger partial charge >= 0.3 is 0 Å². The van der Waals surface area contributed by atoms with Gasteiger partial charge in [0.15, 0.2) is 0 Å². The molecule has 4 aliphatic rings. The lowest BCUT2D eigenvalue weighted by Gasteiger charge is -2.39. The fraction of sp³-hybridized carbons (Fsp3) is 0.643. The van der Waals surface area contributed by atoms with E-state index in [1.165, 1.54) is 0 Å². The van der Waals surface area contributed by atoms with Gasteiger partial charge in [-0.05, 0) is 44.9 Å². The fourth-order valence-corrected chi connectivity index (χ4v) is 7.19. The SMILES string of the molecule is CCC1C=C(C#N)c2c(NC3CCC(N4CCOCC4)CC3)nc(Nc3cnn(C4CCOCC4)c3)nc2S1. The van der Waals surface area contributed by atoms with E-state index < -0.39 is 0 Å². The molecule has 208 valence electrons. The monoisotopic (exact) mass is 550 g/mol. The van der Waals surface area contributed by atoms with Crippen molar-refractivity contribution in [1.82, 2.24) is 24.6 Å². The number of allylic oxidation sites excluding steroid dienone is 1. The lowest BCUT2D eigenvalue weighted by molar-refractivity contribution is 0.00790. The largest absolute Gasteiger partial charge is 0.381 e. The Labute approximate surface area is 234 Å². The molecule has 3 fully saturated rings. The van der Waals surface area contributed by atoms with E-state index in [2.05, 4.69) is 39.7 Å². The number of fused-ring (bicyclic) bond motifs is 1. The maximum atomic E-state index is 10.0. The summed E-state index contributed by atoms with van der Waals surface area (Å²) in [6.07, 6.45) is 13.3. The zero-order valence-electron chi connectivity index (χ0n) is 22.6. The summed E-state index contributed by atoms with van der Waals surface area (Å²) in [5, 5.41) is 22.8. The van der Waals surface area contributed by atoms with Crippen molar-refractivity contribution in [1.29, 1.82) is 5.26 Å². The van der Waals surface area contributed by atoms with Crippen molar-refractivity contribution in [2.24, 2.45) is 0 Å². The van der Waals surface area contributed by atoms with Gasteiger partial charge < -0.3 is 20.1 Å². The van der Waals surface area contributed by atoms with Crippen LogP contribution in [-0.2, 0) is 9.47 Å². The average Bonchev–Trinajstić information content (AvgIpc) is 3.46. The van der Waals surface area contributed by atoms with Gasteiger partial charge in [-0.1, -0.05) is 24.8 Å². The standard InChI is InChI=1S/C28H38N8O2S/c1-2-24-15-19(16-29)25-26(31-20-3-5-22(6-4-20)35-9-13-38-14-10-35)33-28(34-27(25)39-24)32-21-17-30-36(18-21)23-7-11-37-12-8-23/h15,17-18,20,22-24H,2-14H2,1H3,(H2,31,32,33,34). The van der Waals surface area contributed by atoms with E-state index >= 15 is 0 Å². The second-order valence-corrected chi connectivity index (χ2v) is 12.0. The van der Waals surface area contributed by atoms with Crippen LogP contribution in [-0.4, -0.2) is 81.5 Å². The Kier molecular flexibility index (Phi) is 8.35. The molecule has 2 aromatic rings. The third kappa shape index (κ3) is 6.09. The molecule has 0 bridgehead atoms. The van der Waals surface area contributed by atoms with E-state index in [4.69, 9.17) is 19.4 Å². The first-order chi connectivity index (χ1) is 19.2. The van der Waals surface area contributed by atoms with Crippen LogP contribution in [0.15, 0.2) is 23.5 Å². The molecule has 0 spiro atoms. The number of hydrogen-bond donors (Lipinski definition) is 2. The van der Waals surface area contributed by atoms with Crippen molar-refractivity contribution in [2.45, 2.75) is 80.3 Å². The number of thioether (sulfide) groups is 1. The number of aromatic nitrogens is 4. The molecule has 0 radical (unpaired) electrons. The third-order valence-electron chi connectivity index (χ3n) is 8.31. The number of anilines is 3.